The van der Waals surface area contributed by atoms with Gasteiger partial charge < -0.3 is 9.31 Å². The van der Waals surface area contributed by atoms with Crippen molar-refractivity contribution in [2.24, 2.45) is 0 Å². The smallest absolute Gasteiger partial charge is 0.398 e. The third-order valence-electron chi connectivity index (χ3n) is 5.43. The molecule has 1 aliphatic heterocycles. The molecule has 5 heteroatoms. The summed E-state index contributed by atoms with van der Waals surface area (Å²) in [4.78, 5) is 0. The Kier molecular flexibility index (Phi) is 3.66. The van der Waals surface area contributed by atoms with Crippen molar-refractivity contribution in [3.8, 4) is 0 Å². The third-order valence-corrected chi connectivity index (χ3v) is 5.84. The number of rotatable bonds is 2. The van der Waals surface area contributed by atoms with E-state index in [2.05, 4.69) is 0 Å². The van der Waals surface area contributed by atoms with Crippen molar-refractivity contribution in [1.82, 2.24) is 0 Å². The zero-order valence-corrected chi connectivity index (χ0v) is 15.4. The zero-order chi connectivity index (χ0) is 18.0. The first-order valence-electron chi connectivity index (χ1n) is 8.36. The minimum atomic E-state index is -1.02. The molecule has 0 saturated carbocycles. The van der Waals surface area contributed by atoms with Crippen LogP contribution in [0.2, 0.25) is 0 Å². The van der Waals surface area contributed by atoms with E-state index < -0.39 is 24.0 Å². The molecule has 25 heavy (non-hydrogen) atoms. The molecular weight excluding hydrogens is 337 g/mol. The van der Waals surface area contributed by atoms with Crippen molar-refractivity contribution in [3.63, 3.8) is 0 Å². The third kappa shape index (κ3) is 2.47. The Balaban J connectivity index is 1.76. The fourth-order valence-electron chi connectivity index (χ4n) is 3.31. The van der Waals surface area contributed by atoms with Gasteiger partial charge in [-0.1, -0.05) is 48.0 Å². The van der Waals surface area contributed by atoms with Crippen molar-refractivity contribution in [2.75, 3.05) is 0 Å². The first kappa shape index (κ1) is 16.8. The van der Waals surface area contributed by atoms with E-state index in [0.717, 1.165) is 21.9 Å². The largest absolute Gasteiger partial charge is 0.525 e. The molecule has 2 aromatic rings. The van der Waals surface area contributed by atoms with Crippen LogP contribution in [-0.4, -0.2) is 18.3 Å². The van der Waals surface area contributed by atoms with Gasteiger partial charge in [0.05, 0.1) is 16.2 Å². The SMILES string of the molecule is CC1(C)OB(C(F)=CC2=C(Cl)c3cccc4cccc2c34)OC1(C)C. The van der Waals surface area contributed by atoms with Crippen LogP contribution in [0.1, 0.15) is 38.8 Å². The average molecular weight is 357 g/mol. The summed E-state index contributed by atoms with van der Waals surface area (Å²) in [7, 11) is -1.02. The van der Waals surface area contributed by atoms with Crippen LogP contribution in [0.4, 0.5) is 4.39 Å². The molecule has 128 valence electrons. The molecule has 0 spiro atoms. The van der Waals surface area contributed by atoms with E-state index >= 15 is 0 Å². The Labute approximate surface area is 152 Å². The fourth-order valence-corrected chi connectivity index (χ4v) is 3.63. The van der Waals surface area contributed by atoms with Crippen molar-refractivity contribution >= 4 is 40.1 Å². The molecule has 0 N–H and O–H groups in total. The summed E-state index contributed by atoms with van der Waals surface area (Å²) in [6.07, 6.45) is 1.44. The lowest BCUT2D eigenvalue weighted by Gasteiger charge is -2.32. The van der Waals surface area contributed by atoms with Crippen molar-refractivity contribution in [2.45, 2.75) is 38.9 Å². The van der Waals surface area contributed by atoms with Gasteiger partial charge in [-0.2, -0.15) is 0 Å². The summed E-state index contributed by atoms with van der Waals surface area (Å²) in [6, 6.07) is 11.9. The second-order valence-electron chi connectivity index (χ2n) is 7.55. The number of allylic oxidation sites excluding steroid dienone is 2. The Hall–Kier alpha value is -1.62. The van der Waals surface area contributed by atoms with Crippen LogP contribution in [0.25, 0.3) is 21.4 Å². The number of hydrogen-bond donors (Lipinski definition) is 0. The van der Waals surface area contributed by atoms with Crippen LogP contribution in [0.3, 0.4) is 0 Å². The predicted octanol–water partition coefficient (Wildman–Crippen LogP) is 5.75. The highest BCUT2D eigenvalue weighted by Gasteiger charge is 2.53. The first-order valence-corrected chi connectivity index (χ1v) is 8.74. The highest BCUT2D eigenvalue weighted by molar-refractivity contribution is 6.57. The highest BCUT2D eigenvalue weighted by Crippen LogP contribution is 2.46. The summed E-state index contributed by atoms with van der Waals surface area (Å²) in [6.45, 7) is 7.61. The summed E-state index contributed by atoms with van der Waals surface area (Å²) < 4.78 is 26.5. The molecule has 0 bridgehead atoms. The molecular formula is C20H19BClFO2. The van der Waals surface area contributed by atoms with Crippen molar-refractivity contribution in [1.29, 1.82) is 0 Å². The molecule has 0 aromatic heterocycles. The van der Waals surface area contributed by atoms with Gasteiger partial charge in [0.1, 0.15) is 5.73 Å². The Bertz CT molecular complexity index is 925. The summed E-state index contributed by atoms with van der Waals surface area (Å²) in [5.74, 6) is 0. The minimum Gasteiger partial charge on any atom is -0.398 e. The van der Waals surface area contributed by atoms with E-state index in [1.807, 2.05) is 64.1 Å². The summed E-state index contributed by atoms with van der Waals surface area (Å²) in [5, 5.41) is 2.70. The molecule has 0 radical (unpaired) electrons. The van der Waals surface area contributed by atoms with Gasteiger partial charge in [0, 0.05) is 11.1 Å². The molecule has 1 heterocycles. The quantitative estimate of drug-likeness (QED) is 0.638. The second-order valence-corrected chi connectivity index (χ2v) is 7.93. The summed E-state index contributed by atoms with van der Waals surface area (Å²) in [5.41, 5.74) is 0.893. The van der Waals surface area contributed by atoms with Crippen LogP contribution >= 0.6 is 11.6 Å². The molecule has 2 aliphatic rings. The van der Waals surface area contributed by atoms with E-state index in [1.165, 1.54) is 6.08 Å². The van der Waals surface area contributed by atoms with E-state index in [9.17, 15) is 4.39 Å². The molecule has 2 aromatic carbocycles. The standard InChI is InChI=1S/C20H19BClFO2/c1-19(2)20(3,4)25-21(24-19)16(23)11-15-13-9-5-7-12-8-6-10-14(17(12)13)18(15)22/h5-11H,1-4H3. The molecule has 1 saturated heterocycles. The van der Waals surface area contributed by atoms with Crippen molar-refractivity contribution in [3.05, 3.63) is 59.3 Å². The fraction of sp³-hybridized carbons (Fsp3) is 0.300. The predicted molar refractivity (Wildman–Crippen MR) is 102 cm³/mol. The Morgan fingerprint density at radius 1 is 1.00 bits per heavy atom. The van der Waals surface area contributed by atoms with Gasteiger partial charge in [-0.05, 0) is 50.1 Å². The van der Waals surface area contributed by atoms with Gasteiger partial charge in [-0.3, -0.25) is 0 Å². The maximum Gasteiger partial charge on any atom is 0.525 e. The molecule has 4 rings (SSSR count). The number of hydrogen-bond acceptors (Lipinski definition) is 2. The van der Waals surface area contributed by atoms with Gasteiger partial charge in [-0.25, -0.2) is 4.39 Å². The second kappa shape index (κ2) is 5.44. The van der Waals surface area contributed by atoms with E-state index in [-0.39, 0.29) is 0 Å². The van der Waals surface area contributed by atoms with Gasteiger partial charge >= 0.3 is 7.12 Å². The van der Waals surface area contributed by atoms with Gasteiger partial charge in [0.2, 0.25) is 0 Å². The molecule has 0 unspecified atom stereocenters. The van der Waals surface area contributed by atoms with Crippen LogP contribution in [-0.2, 0) is 9.31 Å². The number of halogens is 2. The number of benzene rings is 2. The van der Waals surface area contributed by atoms with Crippen molar-refractivity contribution < 1.29 is 13.7 Å². The Morgan fingerprint density at radius 3 is 2.16 bits per heavy atom. The molecule has 0 atom stereocenters. The maximum absolute atomic E-state index is 14.9. The monoisotopic (exact) mass is 356 g/mol. The lowest BCUT2D eigenvalue weighted by molar-refractivity contribution is 0.00578. The zero-order valence-electron chi connectivity index (χ0n) is 14.7. The van der Waals surface area contributed by atoms with E-state index in [0.29, 0.717) is 10.6 Å². The maximum atomic E-state index is 14.9. The highest BCUT2D eigenvalue weighted by atomic mass is 35.5. The van der Waals surface area contributed by atoms with Gasteiger partial charge in [0.15, 0.2) is 0 Å². The van der Waals surface area contributed by atoms with E-state index in [1.54, 1.807) is 0 Å². The van der Waals surface area contributed by atoms with Gasteiger partial charge in [-0.15, -0.1) is 0 Å². The lowest BCUT2D eigenvalue weighted by atomic mass is 9.86. The summed E-state index contributed by atoms with van der Waals surface area (Å²) >= 11 is 6.56. The van der Waals surface area contributed by atoms with Crippen LogP contribution in [0.5, 0.6) is 0 Å². The lowest BCUT2D eigenvalue weighted by Crippen LogP contribution is -2.41. The minimum absolute atomic E-state index is 0.475. The topological polar surface area (TPSA) is 18.5 Å². The Morgan fingerprint density at radius 2 is 1.56 bits per heavy atom. The molecule has 1 aliphatic carbocycles. The van der Waals surface area contributed by atoms with Crippen LogP contribution in [0, 0.1) is 0 Å². The van der Waals surface area contributed by atoms with Crippen LogP contribution in [0.15, 0.2) is 48.2 Å². The average Bonchev–Trinajstić information content (AvgIpc) is 2.94. The molecule has 0 amide bonds. The normalized spacial score (nSPS) is 21.5. The first-order chi connectivity index (χ1) is 11.7. The van der Waals surface area contributed by atoms with Crippen LogP contribution < -0.4 is 0 Å². The van der Waals surface area contributed by atoms with Gasteiger partial charge in [0.25, 0.3) is 0 Å². The molecule has 1 fully saturated rings. The molecule has 2 nitrogen and oxygen atoms in total. The van der Waals surface area contributed by atoms with E-state index in [4.69, 9.17) is 20.9 Å².